The Balaban J connectivity index is 1.73. The van der Waals surface area contributed by atoms with Gasteiger partial charge in [0.1, 0.15) is 11.2 Å². The topological polar surface area (TPSA) is 9.23 Å². The van der Waals surface area contributed by atoms with E-state index in [1.54, 1.807) is 0 Å². The number of hydrogen-bond donors (Lipinski definition) is 0. The van der Waals surface area contributed by atoms with Crippen LogP contribution in [0.3, 0.4) is 0 Å². The van der Waals surface area contributed by atoms with Crippen molar-refractivity contribution in [3.8, 4) is 0 Å². The molecule has 0 N–H and O–H groups in total. The van der Waals surface area contributed by atoms with Crippen molar-refractivity contribution in [3.63, 3.8) is 0 Å². The van der Waals surface area contributed by atoms with Crippen molar-refractivity contribution in [2.45, 2.75) is 25.0 Å². The Labute approximate surface area is 154 Å². The molecule has 2 aliphatic heterocycles. The highest BCUT2D eigenvalue weighted by molar-refractivity contribution is 5.62. The van der Waals surface area contributed by atoms with Crippen LogP contribution in [0.1, 0.15) is 36.1 Å². The Morgan fingerprint density at radius 3 is 1.88 bits per heavy atom. The summed E-state index contributed by atoms with van der Waals surface area (Å²) in [5, 5.41) is 0. The molecule has 2 bridgehead atoms. The molecule has 128 valence electrons. The normalized spacial score (nSPS) is 38.7. The van der Waals surface area contributed by atoms with Gasteiger partial charge in [-0.3, -0.25) is 0 Å². The molecule has 3 aliphatic rings. The highest BCUT2D eigenvalue weighted by atomic mass is 16.5. The van der Waals surface area contributed by atoms with Crippen LogP contribution < -0.4 is 0 Å². The lowest BCUT2D eigenvalue weighted by Crippen LogP contribution is -2.36. The summed E-state index contributed by atoms with van der Waals surface area (Å²) in [4.78, 5) is 0. The second kappa shape index (κ2) is 4.47. The van der Waals surface area contributed by atoms with Gasteiger partial charge in [-0.15, -0.1) is 0 Å². The van der Waals surface area contributed by atoms with Crippen molar-refractivity contribution in [1.82, 2.24) is 0 Å². The van der Waals surface area contributed by atoms with Crippen LogP contribution in [0.15, 0.2) is 84.9 Å². The number of benzene rings is 3. The summed E-state index contributed by atoms with van der Waals surface area (Å²) in [6.45, 7) is 4.85. The molecule has 3 aromatic carbocycles. The van der Waals surface area contributed by atoms with E-state index < -0.39 is 0 Å². The molecule has 0 radical (unpaired) electrons. The molecule has 1 aliphatic carbocycles. The van der Waals surface area contributed by atoms with Crippen molar-refractivity contribution in [3.05, 3.63) is 107 Å². The molecule has 6 rings (SSSR count). The number of hydrogen-bond acceptors (Lipinski definition) is 1. The average molecular weight is 338 g/mol. The van der Waals surface area contributed by atoms with Crippen LogP contribution in [0.25, 0.3) is 0 Å². The molecule has 0 amide bonds. The second-order valence-corrected chi connectivity index (χ2v) is 8.35. The first-order valence-electron chi connectivity index (χ1n) is 9.58. The third kappa shape index (κ3) is 1.31. The van der Waals surface area contributed by atoms with E-state index in [-0.39, 0.29) is 16.6 Å². The average Bonchev–Trinajstić information content (AvgIpc) is 3.04. The van der Waals surface area contributed by atoms with Crippen LogP contribution in [0.5, 0.6) is 0 Å². The van der Waals surface area contributed by atoms with Gasteiger partial charge in [0, 0.05) is 11.3 Å². The molecular formula is C25H22O. The summed E-state index contributed by atoms with van der Waals surface area (Å²) in [6.07, 6.45) is 0. The molecule has 3 aromatic rings. The van der Waals surface area contributed by atoms with E-state index in [1.165, 1.54) is 22.3 Å². The summed E-state index contributed by atoms with van der Waals surface area (Å²) in [5.41, 5.74) is 4.74. The predicted molar refractivity (Wildman–Crippen MR) is 103 cm³/mol. The first-order chi connectivity index (χ1) is 12.7. The quantitative estimate of drug-likeness (QED) is 0.600. The molecule has 1 heteroatoms. The number of fused-ring (bicyclic) bond motifs is 8. The van der Waals surface area contributed by atoms with Gasteiger partial charge in [0.05, 0.1) is 0 Å². The van der Waals surface area contributed by atoms with E-state index in [9.17, 15) is 0 Å². The van der Waals surface area contributed by atoms with E-state index in [1.807, 2.05) is 0 Å². The van der Waals surface area contributed by atoms with Gasteiger partial charge in [0.15, 0.2) is 0 Å². The monoisotopic (exact) mass is 338 g/mol. The summed E-state index contributed by atoms with van der Waals surface area (Å²) in [6, 6.07) is 30.6. The molecule has 0 unspecified atom stereocenters. The van der Waals surface area contributed by atoms with E-state index in [0.717, 1.165) is 0 Å². The van der Waals surface area contributed by atoms with Gasteiger partial charge in [-0.2, -0.15) is 0 Å². The molecule has 26 heavy (non-hydrogen) atoms. The van der Waals surface area contributed by atoms with Gasteiger partial charge < -0.3 is 4.74 Å². The maximum atomic E-state index is 7.23. The number of rotatable bonds is 2. The summed E-state index contributed by atoms with van der Waals surface area (Å²) in [7, 11) is 0. The minimum absolute atomic E-state index is 0.124. The minimum atomic E-state index is -0.356. The Morgan fingerprint density at radius 2 is 1.23 bits per heavy atom. The third-order valence-electron chi connectivity index (χ3n) is 7.58. The maximum Gasteiger partial charge on any atom is 0.126 e. The minimum Gasteiger partial charge on any atom is -0.349 e. The lowest BCUT2D eigenvalue weighted by molar-refractivity contribution is -0.0934. The van der Waals surface area contributed by atoms with Crippen LogP contribution in [0, 0.1) is 17.3 Å². The van der Waals surface area contributed by atoms with Crippen molar-refractivity contribution in [2.24, 2.45) is 17.3 Å². The molecule has 0 aromatic heterocycles. The molecule has 2 fully saturated rings. The lowest BCUT2D eigenvalue weighted by atomic mass is 9.66. The van der Waals surface area contributed by atoms with Crippen molar-refractivity contribution in [1.29, 1.82) is 0 Å². The lowest BCUT2D eigenvalue weighted by Gasteiger charge is -2.36. The summed E-state index contributed by atoms with van der Waals surface area (Å²) >= 11 is 0. The molecule has 2 heterocycles. The molecule has 1 saturated carbocycles. The van der Waals surface area contributed by atoms with Gasteiger partial charge in [-0.25, -0.2) is 0 Å². The van der Waals surface area contributed by atoms with Crippen LogP contribution in [0.4, 0.5) is 0 Å². The zero-order valence-corrected chi connectivity index (χ0v) is 15.1. The maximum absolute atomic E-state index is 7.23. The molecule has 5 atom stereocenters. The molecule has 1 nitrogen and oxygen atoms in total. The van der Waals surface area contributed by atoms with Gasteiger partial charge in [-0.1, -0.05) is 98.8 Å². The van der Waals surface area contributed by atoms with Crippen molar-refractivity contribution in [2.75, 3.05) is 0 Å². The van der Waals surface area contributed by atoms with Gasteiger partial charge >= 0.3 is 0 Å². The molecular weight excluding hydrogens is 316 g/mol. The first kappa shape index (κ1) is 14.8. The van der Waals surface area contributed by atoms with Crippen LogP contribution >= 0.6 is 0 Å². The highest BCUT2D eigenvalue weighted by Gasteiger charge is 2.87. The Kier molecular flexibility index (Phi) is 2.54. The predicted octanol–water partition coefficient (Wildman–Crippen LogP) is 5.49. The second-order valence-electron chi connectivity index (χ2n) is 8.35. The fourth-order valence-electron chi connectivity index (χ4n) is 6.42. The SMILES string of the molecule is C[C@@H]1[C@H]2[C@@]3(c4ccccc4)O[C@@](c4ccccc4)(c4ccccc43)[C@@]12C. The van der Waals surface area contributed by atoms with E-state index >= 15 is 0 Å². The van der Waals surface area contributed by atoms with E-state index in [2.05, 4.69) is 98.8 Å². The van der Waals surface area contributed by atoms with Crippen molar-refractivity contribution >= 4 is 0 Å². The Morgan fingerprint density at radius 1 is 0.692 bits per heavy atom. The van der Waals surface area contributed by atoms with Crippen LogP contribution in [0.2, 0.25) is 0 Å². The first-order valence-corrected chi connectivity index (χ1v) is 9.58. The van der Waals surface area contributed by atoms with Gasteiger partial charge in [0.25, 0.3) is 0 Å². The van der Waals surface area contributed by atoms with Crippen molar-refractivity contribution < 1.29 is 4.74 Å². The Bertz CT molecular complexity index is 1010. The van der Waals surface area contributed by atoms with Gasteiger partial charge in [-0.05, 0) is 28.2 Å². The van der Waals surface area contributed by atoms with E-state index in [4.69, 9.17) is 4.74 Å². The fraction of sp³-hybridized carbons (Fsp3) is 0.280. The summed E-state index contributed by atoms with van der Waals surface area (Å²) in [5.74, 6) is 1.12. The Hall–Kier alpha value is -2.38. The van der Waals surface area contributed by atoms with Crippen LogP contribution in [-0.2, 0) is 15.9 Å². The largest absolute Gasteiger partial charge is 0.349 e. The standard InChI is InChI=1S/C25H22O/c1-17-22-23(17,2)25(19-13-7-4-8-14-19)21-16-10-9-15-20(21)24(22,26-25)18-11-5-3-6-12-18/h3-17,22H,1-2H3/t17-,22-,23+,24+,25+/m1/s1. The molecule has 0 spiro atoms. The highest BCUT2D eigenvalue weighted by Crippen LogP contribution is 2.86. The fourth-order valence-corrected chi connectivity index (χ4v) is 6.42. The van der Waals surface area contributed by atoms with Crippen LogP contribution in [-0.4, -0.2) is 0 Å². The zero-order valence-electron chi connectivity index (χ0n) is 15.1. The number of ether oxygens (including phenoxy) is 1. The third-order valence-corrected chi connectivity index (χ3v) is 7.58. The molecule has 1 saturated heterocycles. The summed E-state index contributed by atoms with van der Waals surface area (Å²) < 4.78 is 7.23. The smallest absolute Gasteiger partial charge is 0.126 e. The van der Waals surface area contributed by atoms with E-state index in [0.29, 0.717) is 11.8 Å². The zero-order chi connectivity index (χ0) is 17.6. The van der Waals surface area contributed by atoms with Gasteiger partial charge in [0.2, 0.25) is 0 Å².